The van der Waals surface area contributed by atoms with Crippen molar-refractivity contribution in [2.24, 2.45) is 0 Å². The van der Waals surface area contributed by atoms with E-state index in [4.69, 9.17) is 18.6 Å². The van der Waals surface area contributed by atoms with Gasteiger partial charge in [-0.3, -0.25) is 9.59 Å². The van der Waals surface area contributed by atoms with Crippen LogP contribution in [-0.4, -0.2) is 56.2 Å². The Bertz CT molecular complexity index is 976. The number of hydrogen-bond acceptors (Lipinski definition) is 7. The van der Waals surface area contributed by atoms with Crippen LogP contribution >= 0.6 is 0 Å². The summed E-state index contributed by atoms with van der Waals surface area (Å²) in [7, 11) is 4.60. The number of benzene rings is 1. The monoisotopic (exact) mass is 415 g/mol. The number of hydrogen-bond donors (Lipinski definition) is 1. The van der Waals surface area contributed by atoms with Crippen molar-refractivity contribution in [3.63, 3.8) is 0 Å². The first kappa shape index (κ1) is 21.4. The highest BCUT2D eigenvalue weighted by atomic mass is 16.5. The van der Waals surface area contributed by atoms with Gasteiger partial charge in [-0.05, 0) is 43.2 Å². The Kier molecular flexibility index (Phi) is 6.47. The van der Waals surface area contributed by atoms with E-state index in [1.54, 1.807) is 38.3 Å². The van der Waals surface area contributed by atoms with E-state index in [9.17, 15) is 14.7 Å². The minimum atomic E-state index is -0.799. The minimum absolute atomic E-state index is 0.0287. The van der Waals surface area contributed by atoms with Crippen LogP contribution in [0, 0.1) is 6.92 Å². The lowest BCUT2D eigenvalue weighted by Gasteiger charge is -2.27. The first-order valence-electron chi connectivity index (χ1n) is 9.49. The number of ketones is 1. The molecule has 1 aliphatic heterocycles. The molecule has 1 atom stereocenters. The molecule has 30 heavy (non-hydrogen) atoms. The fourth-order valence-corrected chi connectivity index (χ4v) is 3.55. The van der Waals surface area contributed by atoms with E-state index in [0.717, 1.165) is 0 Å². The van der Waals surface area contributed by atoms with E-state index in [-0.39, 0.29) is 11.3 Å². The zero-order valence-corrected chi connectivity index (χ0v) is 17.4. The van der Waals surface area contributed by atoms with Crippen molar-refractivity contribution in [1.82, 2.24) is 4.90 Å². The van der Waals surface area contributed by atoms with Crippen LogP contribution in [0.4, 0.5) is 0 Å². The topological polar surface area (TPSA) is 98.4 Å². The van der Waals surface area contributed by atoms with Crippen molar-refractivity contribution < 1.29 is 33.3 Å². The van der Waals surface area contributed by atoms with E-state index in [0.29, 0.717) is 42.4 Å². The summed E-state index contributed by atoms with van der Waals surface area (Å²) in [5.41, 5.74) is 0.577. The van der Waals surface area contributed by atoms with Gasteiger partial charge >= 0.3 is 0 Å². The van der Waals surface area contributed by atoms with Gasteiger partial charge in [0, 0.05) is 20.3 Å². The summed E-state index contributed by atoms with van der Waals surface area (Å²) in [6.45, 7) is 2.45. The Morgan fingerprint density at radius 2 is 1.87 bits per heavy atom. The number of aliphatic hydroxyl groups excluding tert-OH is 1. The lowest BCUT2D eigenvalue weighted by Crippen LogP contribution is -2.32. The maximum absolute atomic E-state index is 13.2. The van der Waals surface area contributed by atoms with Crippen LogP contribution in [0.1, 0.15) is 34.3 Å². The molecule has 0 spiro atoms. The van der Waals surface area contributed by atoms with Crippen molar-refractivity contribution in [2.75, 3.05) is 34.5 Å². The van der Waals surface area contributed by atoms with Gasteiger partial charge in [0.1, 0.15) is 5.76 Å². The maximum Gasteiger partial charge on any atom is 0.290 e. The zero-order chi connectivity index (χ0) is 21.8. The van der Waals surface area contributed by atoms with Crippen molar-refractivity contribution in [3.8, 4) is 11.5 Å². The molecule has 0 aliphatic carbocycles. The second-order valence-electron chi connectivity index (χ2n) is 6.86. The smallest absolute Gasteiger partial charge is 0.290 e. The van der Waals surface area contributed by atoms with Crippen molar-refractivity contribution in [1.29, 1.82) is 0 Å². The summed E-state index contributed by atoms with van der Waals surface area (Å²) in [5, 5.41) is 10.6. The van der Waals surface area contributed by atoms with E-state index >= 15 is 0 Å². The molecule has 2 heterocycles. The predicted molar refractivity (Wildman–Crippen MR) is 108 cm³/mol. The summed E-state index contributed by atoms with van der Waals surface area (Å²) < 4.78 is 21.2. The van der Waals surface area contributed by atoms with Gasteiger partial charge in [0.05, 0.1) is 25.8 Å². The molecule has 0 radical (unpaired) electrons. The third kappa shape index (κ3) is 3.91. The molecule has 0 saturated heterocycles. The quantitative estimate of drug-likeness (QED) is 0.496. The van der Waals surface area contributed by atoms with Crippen LogP contribution in [-0.2, 0) is 9.53 Å². The average Bonchev–Trinajstić information content (AvgIpc) is 3.29. The molecule has 0 bridgehead atoms. The Labute approximate surface area is 174 Å². The molecule has 2 aromatic rings. The van der Waals surface area contributed by atoms with Gasteiger partial charge in [-0.2, -0.15) is 0 Å². The van der Waals surface area contributed by atoms with Crippen LogP contribution in [0.25, 0.3) is 0 Å². The fraction of sp³-hybridized carbons (Fsp3) is 0.364. The van der Waals surface area contributed by atoms with Gasteiger partial charge in [-0.1, -0.05) is 6.07 Å². The van der Waals surface area contributed by atoms with Gasteiger partial charge in [0.15, 0.2) is 23.0 Å². The van der Waals surface area contributed by atoms with Crippen molar-refractivity contribution >= 4 is 11.7 Å². The number of amides is 1. The molecule has 1 unspecified atom stereocenters. The fourth-order valence-electron chi connectivity index (χ4n) is 3.55. The number of aliphatic hydroxyl groups is 1. The highest BCUT2D eigenvalue weighted by Gasteiger charge is 2.44. The van der Waals surface area contributed by atoms with Crippen LogP contribution in [0.3, 0.4) is 0 Å². The third-order valence-electron chi connectivity index (χ3n) is 4.98. The standard InChI is InChI=1S/C22H25NO7/c1-13-6-8-16(30-13)20(24)18-19(14-7-9-15(28-3)17(12-14)29-4)23(10-5-11-27-2)22(26)21(18)25/h6-9,12,19,25H,5,10-11H2,1-4H3. The number of carbonyl (C=O) groups excluding carboxylic acids is 2. The second-order valence-corrected chi connectivity index (χ2v) is 6.86. The molecule has 1 aromatic carbocycles. The number of carbonyl (C=O) groups is 2. The molecule has 0 saturated carbocycles. The lowest BCUT2D eigenvalue weighted by atomic mass is 9.94. The van der Waals surface area contributed by atoms with Crippen LogP contribution < -0.4 is 9.47 Å². The summed E-state index contributed by atoms with van der Waals surface area (Å²) in [4.78, 5) is 27.5. The van der Waals surface area contributed by atoms with Crippen LogP contribution in [0.15, 0.2) is 46.1 Å². The number of aryl methyl sites for hydroxylation is 1. The lowest BCUT2D eigenvalue weighted by molar-refractivity contribution is -0.129. The average molecular weight is 415 g/mol. The normalized spacial score (nSPS) is 16.3. The predicted octanol–water partition coefficient (Wildman–Crippen LogP) is 3.22. The van der Waals surface area contributed by atoms with Gasteiger partial charge in [-0.25, -0.2) is 0 Å². The van der Waals surface area contributed by atoms with Gasteiger partial charge in [0.25, 0.3) is 5.91 Å². The zero-order valence-electron chi connectivity index (χ0n) is 17.4. The Morgan fingerprint density at radius 1 is 1.13 bits per heavy atom. The molecule has 160 valence electrons. The van der Waals surface area contributed by atoms with Gasteiger partial charge in [0.2, 0.25) is 5.78 Å². The summed E-state index contributed by atoms with van der Waals surface area (Å²) >= 11 is 0. The molecule has 1 N–H and O–H groups in total. The van der Waals surface area contributed by atoms with Gasteiger partial charge in [-0.15, -0.1) is 0 Å². The molecule has 1 aromatic heterocycles. The number of methoxy groups -OCH3 is 3. The summed E-state index contributed by atoms with van der Waals surface area (Å²) in [6.07, 6.45) is 0.542. The maximum atomic E-state index is 13.2. The Morgan fingerprint density at radius 3 is 2.47 bits per heavy atom. The van der Waals surface area contributed by atoms with E-state index in [1.807, 2.05) is 0 Å². The van der Waals surface area contributed by atoms with Crippen molar-refractivity contribution in [2.45, 2.75) is 19.4 Å². The molecule has 8 heteroatoms. The number of Topliss-reactive ketones (excluding diaryl/α,β-unsaturated/α-hetero) is 1. The highest BCUT2D eigenvalue weighted by Crippen LogP contribution is 2.41. The largest absolute Gasteiger partial charge is 0.503 e. The second kappa shape index (κ2) is 9.04. The molecule has 3 rings (SSSR count). The third-order valence-corrected chi connectivity index (χ3v) is 4.98. The Balaban J connectivity index is 2.08. The number of rotatable bonds is 9. The van der Waals surface area contributed by atoms with E-state index in [1.165, 1.54) is 25.2 Å². The highest BCUT2D eigenvalue weighted by molar-refractivity contribution is 6.15. The number of ether oxygens (including phenoxy) is 3. The molecule has 1 amide bonds. The molecular weight excluding hydrogens is 390 g/mol. The molecule has 0 fully saturated rings. The summed E-state index contributed by atoms with van der Waals surface area (Å²) in [5.74, 6) is -0.147. The Hall–Kier alpha value is -3.26. The van der Waals surface area contributed by atoms with Crippen LogP contribution in [0.5, 0.6) is 11.5 Å². The van der Waals surface area contributed by atoms with E-state index < -0.39 is 23.5 Å². The molecule has 8 nitrogen and oxygen atoms in total. The van der Waals surface area contributed by atoms with E-state index in [2.05, 4.69) is 0 Å². The summed E-state index contributed by atoms with van der Waals surface area (Å²) in [6, 6.07) is 7.51. The first-order valence-corrected chi connectivity index (χ1v) is 9.49. The van der Waals surface area contributed by atoms with Gasteiger partial charge < -0.3 is 28.6 Å². The molecular formula is C22H25NO7. The number of nitrogens with zero attached hydrogens (tertiary/aromatic N) is 1. The van der Waals surface area contributed by atoms with Crippen LogP contribution in [0.2, 0.25) is 0 Å². The first-order chi connectivity index (χ1) is 14.4. The van der Waals surface area contributed by atoms with Crippen molar-refractivity contribution in [3.05, 3.63) is 58.7 Å². The number of furan rings is 1. The molecule has 1 aliphatic rings. The minimum Gasteiger partial charge on any atom is -0.503 e. The SMILES string of the molecule is COCCCN1C(=O)C(O)=C(C(=O)c2ccc(C)o2)C1c1ccc(OC)c(OC)c1.